The second-order valence-corrected chi connectivity index (χ2v) is 6.80. The van der Waals surface area contributed by atoms with E-state index in [0.717, 1.165) is 4.31 Å². The summed E-state index contributed by atoms with van der Waals surface area (Å²) in [4.78, 5) is 1.18. The van der Waals surface area contributed by atoms with Crippen molar-refractivity contribution in [1.82, 2.24) is 19.4 Å². The quantitative estimate of drug-likeness (QED) is 0.826. The number of halogens is 4. The molecule has 6 nitrogen and oxygen atoms in total. The molecule has 0 bridgehead atoms. The van der Waals surface area contributed by atoms with Gasteiger partial charge >= 0.3 is 6.18 Å². The molecular formula is C10H14ClF3N4O2S. The fraction of sp³-hybridized carbons (Fsp3) is 0.700. The number of hydrogen-bond acceptors (Lipinski definition) is 4. The lowest BCUT2D eigenvalue weighted by Gasteiger charge is -2.34. The van der Waals surface area contributed by atoms with Gasteiger partial charge in [-0.1, -0.05) is 0 Å². The molecule has 0 radical (unpaired) electrons. The lowest BCUT2D eigenvalue weighted by molar-refractivity contribution is -0.148. The standard InChI is InChI=1S/C10H14ClF3N4O2S/c11-5-8-6-15-16-9(8)21(19,20)18-3-1-17(2-4-18)7-10(12,13)14/h6H,1-5,7H2,(H,15,16). The van der Waals surface area contributed by atoms with Crippen LogP contribution in [0.4, 0.5) is 13.2 Å². The molecule has 11 heteroatoms. The molecule has 2 rings (SSSR count). The minimum atomic E-state index is -4.28. The van der Waals surface area contributed by atoms with Crippen LogP contribution in [0.25, 0.3) is 0 Å². The molecule has 0 unspecified atom stereocenters. The fourth-order valence-corrected chi connectivity index (χ4v) is 3.94. The van der Waals surface area contributed by atoms with Gasteiger partial charge in [-0.25, -0.2) is 8.42 Å². The van der Waals surface area contributed by atoms with Gasteiger partial charge in [0.25, 0.3) is 10.0 Å². The van der Waals surface area contributed by atoms with Crippen LogP contribution in [0.15, 0.2) is 11.2 Å². The monoisotopic (exact) mass is 346 g/mol. The third kappa shape index (κ3) is 3.87. The number of hydrogen-bond donors (Lipinski definition) is 1. The first-order valence-electron chi connectivity index (χ1n) is 6.11. The molecule has 0 aromatic carbocycles. The van der Waals surface area contributed by atoms with Gasteiger partial charge in [-0.15, -0.1) is 11.6 Å². The maximum atomic E-state index is 12.4. The zero-order valence-electron chi connectivity index (χ0n) is 10.9. The van der Waals surface area contributed by atoms with Crippen LogP contribution in [0.1, 0.15) is 5.56 Å². The Morgan fingerprint density at radius 1 is 1.29 bits per heavy atom. The number of piperazine rings is 1. The molecule has 1 aromatic rings. The first-order chi connectivity index (χ1) is 9.74. The van der Waals surface area contributed by atoms with Crippen molar-refractivity contribution in [2.45, 2.75) is 17.1 Å². The Morgan fingerprint density at radius 2 is 1.90 bits per heavy atom. The van der Waals surface area contributed by atoms with E-state index in [9.17, 15) is 21.6 Å². The van der Waals surface area contributed by atoms with E-state index in [2.05, 4.69) is 10.2 Å². The highest BCUT2D eigenvalue weighted by Crippen LogP contribution is 2.22. The average Bonchev–Trinajstić information content (AvgIpc) is 2.86. The first-order valence-corrected chi connectivity index (χ1v) is 8.09. The number of nitrogens with one attached hydrogen (secondary N) is 1. The smallest absolute Gasteiger partial charge is 0.292 e. The number of alkyl halides is 4. The molecule has 2 heterocycles. The molecule has 0 spiro atoms. The van der Waals surface area contributed by atoms with E-state index in [-0.39, 0.29) is 37.1 Å². The number of rotatable bonds is 4. The third-order valence-corrected chi connectivity index (χ3v) is 5.36. The largest absolute Gasteiger partial charge is 0.401 e. The maximum Gasteiger partial charge on any atom is 0.401 e. The summed E-state index contributed by atoms with van der Waals surface area (Å²) in [7, 11) is -3.81. The molecule has 1 aliphatic heterocycles. The maximum absolute atomic E-state index is 12.4. The summed E-state index contributed by atoms with van der Waals surface area (Å²) in [5, 5.41) is 5.93. The van der Waals surface area contributed by atoms with E-state index >= 15 is 0 Å². The van der Waals surface area contributed by atoms with E-state index in [0.29, 0.717) is 5.56 Å². The summed E-state index contributed by atoms with van der Waals surface area (Å²) in [6.07, 6.45) is -2.96. The van der Waals surface area contributed by atoms with Gasteiger partial charge in [-0.05, 0) is 0 Å². The van der Waals surface area contributed by atoms with Gasteiger partial charge in [-0.3, -0.25) is 10.00 Å². The number of sulfonamides is 1. The summed E-state index contributed by atoms with van der Waals surface area (Å²) in [6, 6.07) is 0. The second kappa shape index (κ2) is 6.11. The van der Waals surface area contributed by atoms with E-state index in [1.54, 1.807) is 0 Å². The van der Waals surface area contributed by atoms with E-state index in [1.807, 2.05) is 0 Å². The van der Waals surface area contributed by atoms with Crippen molar-refractivity contribution >= 4 is 21.6 Å². The summed E-state index contributed by atoms with van der Waals surface area (Å²) in [5.74, 6) is -0.0148. The predicted octanol–water partition coefficient (Wildman–Crippen LogP) is 1.02. The molecule has 1 N–H and O–H groups in total. The van der Waals surface area contributed by atoms with Crippen molar-refractivity contribution in [2.24, 2.45) is 0 Å². The third-order valence-electron chi connectivity index (χ3n) is 3.15. The molecule has 1 saturated heterocycles. The van der Waals surface area contributed by atoms with Crippen LogP contribution in [-0.4, -0.2) is 66.7 Å². The number of nitrogens with zero attached hydrogens (tertiary/aromatic N) is 3. The Labute approximate surface area is 124 Å². The van der Waals surface area contributed by atoms with Crippen LogP contribution in [-0.2, 0) is 15.9 Å². The number of aromatic amines is 1. The fourth-order valence-electron chi connectivity index (χ4n) is 2.13. The van der Waals surface area contributed by atoms with Crippen molar-refractivity contribution in [3.8, 4) is 0 Å². The second-order valence-electron chi connectivity index (χ2n) is 4.65. The molecule has 0 amide bonds. The van der Waals surface area contributed by atoms with Crippen LogP contribution in [0.3, 0.4) is 0 Å². The Balaban J connectivity index is 2.05. The van der Waals surface area contributed by atoms with Gasteiger partial charge < -0.3 is 0 Å². The predicted molar refractivity (Wildman–Crippen MR) is 69.4 cm³/mol. The van der Waals surface area contributed by atoms with Gasteiger partial charge in [0.15, 0.2) is 5.03 Å². The average molecular weight is 347 g/mol. The molecule has 1 aromatic heterocycles. The molecule has 1 aliphatic rings. The molecular weight excluding hydrogens is 333 g/mol. The van der Waals surface area contributed by atoms with E-state index in [4.69, 9.17) is 11.6 Å². The molecule has 21 heavy (non-hydrogen) atoms. The van der Waals surface area contributed by atoms with Gasteiger partial charge in [0, 0.05) is 31.7 Å². The van der Waals surface area contributed by atoms with Crippen LogP contribution >= 0.6 is 11.6 Å². The van der Waals surface area contributed by atoms with E-state index in [1.165, 1.54) is 11.1 Å². The highest BCUT2D eigenvalue weighted by atomic mass is 35.5. The van der Waals surface area contributed by atoms with Crippen LogP contribution in [0.5, 0.6) is 0 Å². The summed E-state index contributed by atoms with van der Waals surface area (Å²) in [5.41, 5.74) is 0.342. The summed E-state index contributed by atoms with van der Waals surface area (Å²) >= 11 is 5.64. The lowest BCUT2D eigenvalue weighted by atomic mass is 10.3. The first kappa shape index (κ1) is 16.5. The van der Waals surface area contributed by atoms with Gasteiger partial charge in [0.05, 0.1) is 18.6 Å². The lowest BCUT2D eigenvalue weighted by Crippen LogP contribution is -2.50. The highest BCUT2D eigenvalue weighted by Gasteiger charge is 2.35. The van der Waals surface area contributed by atoms with Crippen molar-refractivity contribution < 1.29 is 21.6 Å². The van der Waals surface area contributed by atoms with Crippen molar-refractivity contribution in [3.63, 3.8) is 0 Å². The van der Waals surface area contributed by atoms with Gasteiger partial charge in [0.1, 0.15) is 0 Å². The Hall–Kier alpha value is -0.840. The van der Waals surface area contributed by atoms with Crippen LogP contribution in [0.2, 0.25) is 0 Å². The van der Waals surface area contributed by atoms with Crippen LogP contribution in [0, 0.1) is 0 Å². The Kier molecular flexibility index (Phi) is 4.81. The molecule has 1 fully saturated rings. The Bertz CT molecular complexity index is 581. The Morgan fingerprint density at radius 3 is 2.43 bits per heavy atom. The summed E-state index contributed by atoms with van der Waals surface area (Å²) in [6.45, 7) is -0.970. The zero-order chi connectivity index (χ0) is 15.7. The topological polar surface area (TPSA) is 69.3 Å². The van der Waals surface area contributed by atoms with Crippen molar-refractivity contribution in [2.75, 3.05) is 32.7 Å². The van der Waals surface area contributed by atoms with Gasteiger partial charge in [-0.2, -0.15) is 22.6 Å². The minimum Gasteiger partial charge on any atom is -0.292 e. The minimum absolute atomic E-state index is 0.000834. The number of aromatic nitrogens is 2. The summed E-state index contributed by atoms with van der Waals surface area (Å²) < 4.78 is 62.8. The molecule has 0 aliphatic carbocycles. The van der Waals surface area contributed by atoms with E-state index < -0.39 is 22.7 Å². The van der Waals surface area contributed by atoms with Crippen molar-refractivity contribution in [1.29, 1.82) is 0 Å². The SMILES string of the molecule is O=S(=O)(c1[nH]ncc1CCl)N1CCN(CC(F)(F)F)CC1. The highest BCUT2D eigenvalue weighted by molar-refractivity contribution is 7.89. The zero-order valence-corrected chi connectivity index (χ0v) is 12.5. The molecule has 120 valence electrons. The van der Waals surface area contributed by atoms with Crippen molar-refractivity contribution in [3.05, 3.63) is 11.8 Å². The van der Waals surface area contributed by atoms with Crippen LogP contribution < -0.4 is 0 Å². The van der Waals surface area contributed by atoms with Gasteiger partial charge in [0.2, 0.25) is 0 Å². The normalized spacial score (nSPS) is 19.0. The molecule has 0 atom stereocenters. The number of H-pyrrole nitrogens is 1. The molecule has 0 saturated carbocycles.